The van der Waals surface area contributed by atoms with Gasteiger partial charge in [0.25, 0.3) is 5.56 Å². The predicted octanol–water partition coefficient (Wildman–Crippen LogP) is 3.09. The van der Waals surface area contributed by atoms with Gasteiger partial charge in [0.2, 0.25) is 0 Å². The first-order chi connectivity index (χ1) is 8.06. The Bertz CT molecular complexity index is 592. The van der Waals surface area contributed by atoms with Crippen molar-refractivity contribution in [1.29, 1.82) is 0 Å². The molecule has 0 bridgehead atoms. The largest absolute Gasteiger partial charge is 0.309 e. The normalized spacial score (nSPS) is 10.5. The predicted molar refractivity (Wildman–Crippen MR) is 71.6 cm³/mol. The van der Waals surface area contributed by atoms with E-state index in [4.69, 9.17) is 11.6 Å². The average Bonchev–Trinajstić information content (AvgIpc) is 2.29. The van der Waals surface area contributed by atoms with Gasteiger partial charge in [-0.25, -0.2) is 4.98 Å². The van der Waals surface area contributed by atoms with Gasteiger partial charge in [0.15, 0.2) is 0 Å². The molecule has 1 N–H and O–H groups in total. The summed E-state index contributed by atoms with van der Waals surface area (Å²) in [5.41, 5.74) is 1.60. The molecule has 0 unspecified atom stereocenters. The second-order valence-electron chi connectivity index (χ2n) is 3.72. The van der Waals surface area contributed by atoms with Gasteiger partial charge >= 0.3 is 0 Å². The fourth-order valence-electron chi connectivity index (χ4n) is 1.51. The molecule has 2 aromatic rings. The Balaban J connectivity index is 2.30. The SMILES string of the molecule is Cc1nc(Cc2ccc(Cl)cc2)[nH]c(=O)c1Br. The lowest BCUT2D eigenvalue weighted by Gasteiger charge is -2.03. The van der Waals surface area contributed by atoms with Gasteiger partial charge in [0, 0.05) is 11.4 Å². The van der Waals surface area contributed by atoms with E-state index in [1.165, 1.54) is 0 Å². The summed E-state index contributed by atoms with van der Waals surface area (Å²) in [7, 11) is 0. The average molecular weight is 314 g/mol. The number of aromatic nitrogens is 2. The van der Waals surface area contributed by atoms with Crippen LogP contribution in [0.3, 0.4) is 0 Å². The monoisotopic (exact) mass is 312 g/mol. The summed E-state index contributed by atoms with van der Waals surface area (Å²) in [4.78, 5) is 18.6. The van der Waals surface area contributed by atoms with E-state index in [2.05, 4.69) is 25.9 Å². The lowest BCUT2D eigenvalue weighted by Crippen LogP contribution is -2.14. The minimum absolute atomic E-state index is 0.151. The molecule has 0 aliphatic carbocycles. The van der Waals surface area contributed by atoms with Gasteiger partial charge in [0.05, 0.1) is 5.69 Å². The van der Waals surface area contributed by atoms with Crippen LogP contribution in [0.2, 0.25) is 5.02 Å². The van der Waals surface area contributed by atoms with E-state index >= 15 is 0 Å². The Morgan fingerprint density at radius 1 is 1.35 bits per heavy atom. The number of nitrogens with one attached hydrogen (secondary N) is 1. The summed E-state index contributed by atoms with van der Waals surface area (Å²) in [5.74, 6) is 0.651. The Morgan fingerprint density at radius 2 is 2.00 bits per heavy atom. The smallest absolute Gasteiger partial charge is 0.265 e. The van der Waals surface area contributed by atoms with Crippen LogP contribution in [0.25, 0.3) is 0 Å². The van der Waals surface area contributed by atoms with E-state index in [0.29, 0.717) is 27.4 Å². The summed E-state index contributed by atoms with van der Waals surface area (Å²) in [6.07, 6.45) is 0.584. The van der Waals surface area contributed by atoms with Gasteiger partial charge in [-0.3, -0.25) is 4.79 Å². The van der Waals surface area contributed by atoms with E-state index in [-0.39, 0.29) is 5.56 Å². The first-order valence-corrected chi connectivity index (χ1v) is 6.23. The van der Waals surface area contributed by atoms with Crippen molar-refractivity contribution < 1.29 is 0 Å². The van der Waals surface area contributed by atoms with Gasteiger partial charge in [-0.1, -0.05) is 23.7 Å². The van der Waals surface area contributed by atoms with Crippen molar-refractivity contribution in [2.75, 3.05) is 0 Å². The molecule has 3 nitrogen and oxygen atoms in total. The highest BCUT2D eigenvalue weighted by molar-refractivity contribution is 9.10. The van der Waals surface area contributed by atoms with E-state index in [9.17, 15) is 4.79 Å². The molecule has 0 spiro atoms. The zero-order chi connectivity index (χ0) is 12.4. The van der Waals surface area contributed by atoms with Crippen LogP contribution in [0, 0.1) is 6.92 Å². The molecule has 1 aromatic carbocycles. The summed E-state index contributed by atoms with van der Waals surface area (Å²) < 4.78 is 0.484. The molecule has 1 aromatic heterocycles. The third kappa shape index (κ3) is 2.96. The van der Waals surface area contributed by atoms with Crippen LogP contribution < -0.4 is 5.56 Å². The molecule has 5 heteroatoms. The van der Waals surface area contributed by atoms with Crippen LogP contribution in [-0.4, -0.2) is 9.97 Å². The molecule has 0 saturated heterocycles. The molecule has 0 fully saturated rings. The van der Waals surface area contributed by atoms with Crippen LogP contribution >= 0.6 is 27.5 Å². The maximum Gasteiger partial charge on any atom is 0.265 e. The fraction of sp³-hybridized carbons (Fsp3) is 0.167. The minimum Gasteiger partial charge on any atom is -0.309 e. The Labute approximate surface area is 112 Å². The number of H-pyrrole nitrogens is 1. The van der Waals surface area contributed by atoms with Gasteiger partial charge in [-0.05, 0) is 40.5 Å². The number of hydrogen-bond acceptors (Lipinski definition) is 2. The first-order valence-electron chi connectivity index (χ1n) is 5.06. The number of rotatable bonds is 2. The second-order valence-corrected chi connectivity index (χ2v) is 4.94. The Hall–Kier alpha value is -1.13. The van der Waals surface area contributed by atoms with Crippen molar-refractivity contribution in [1.82, 2.24) is 9.97 Å². The maximum atomic E-state index is 11.5. The fourth-order valence-corrected chi connectivity index (χ4v) is 1.82. The number of aromatic amines is 1. The van der Waals surface area contributed by atoms with Crippen LogP contribution in [0.15, 0.2) is 33.5 Å². The van der Waals surface area contributed by atoms with Crippen molar-refractivity contribution in [3.05, 3.63) is 61.2 Å². The molecule has 17 heavy (non-hydrogen) atoms. The number of halogens is 2. The molecule has 0 saturated carbocycles. The van der Waals surface area contributed by atoms with Crippen LogP contribution in [-0.2, 0) is 6.42 Å². The topological polar surface area (TPSA) is 45.8 Å². The number of nitrogens with zero attached hydrogens (tertiary/aromatic N) is 1. The number of hydrogen-bond donors (Lipinski definition) is 1. The summed E-state index contributed by atoms with van der Waals surface area (Å²) in [5, 5.41) is 0.696. The van der Waals surface area contributed by atoms with Crippen LogP contribution in [0.5, 0.6) is 0 Å². The van der Waals surface area contributed by atoms with E-state index in [0.717, 1.165) is 5.56 Å². The second kappa shape index (κ2) is 5.02. The quantitative estimate of drug-likeness (QED) is 0.926. The molecule has 0 aliphatic heterocycles. The lowest BCUT2D eigenvalue weighted by molar-refractivity contribution is 0.911. The summed E-state index contributed by atoms with van der Waals surface area (Å²) >= 11 is 8.99. The van der Waals surface area contributed by atoms with Crippen molar-refractivity contribution in [3.63, 3.8) is 0 Å². The number of benzene rings is 1. The third-order valence-corrected chi connectivity index (χ3v) is 3.55. The molecule has 2 rings (SSSR count). The molecular weight excluding hydrogens is 304 g/mol. The Kier molecular flexibility index (Phi) is 3.64. The summed E-state index contributed by atoms with van der Waals surface area (Å²) in [6.45, 7) is 1.80. The van der Waals surface area contributed by atoms with E-state index < -0.39 is 0 Å². The molecular formula is C12H10BrClN2O. The molecule has 1 heterocycles. The van der Waals surface area contributed by atoms with Crippen molar-refractivity contribution in [3.8, 4) is 0 Å². The number of aryl methyl sites for hydroxylation is 1. The van der Waals surface area contributed by atoms with Gasteiger partial charge in [-0.15, -0.1) is 0 Å². The summed E-state index contributed by atoms with van der Waals surface area (Å²) in [6, 6.07) is 7.47. The van der Waals surface area contributed by atoms with E-state index in [1.807, 2.05) is 24.3 Å². The lowest BCUT2D eigenvalue weighted by atomic mass is 10.1. The van der Waals surface area contributed by atoms with Crippen LogP contribution in [0.1, 0.15) is 17.1 Å². The Morgan fingerprint density at radius 3 is 2.59 bits per heavy atom. The van der Waals surface area contributed by atoms with Crippen molar-refractivity contribution in [2.24, 2.45) is 0 Å². The first kappa shape index (κ1) is 12.3. The molecule has 0 aliphatic rings. The van der Waals surface area contributed by atoms with Gasteiger partial charge < -0.3 is 4.98 Å². The highest BCUT2D eigenvalue weighted by Gasteiger charge is 2.05. The zero-order valence-corrected chi connectivity index (χ0v) is 11.5. The highest BCUT2D eigenvalue weighted by atomic mass is 79.9. The van der Waals surface area contributed by atoms with Gasteiger partial charge in [-0.2, -0.15) is 0 Å². The maximum absolute atomic E-state index is 11.5. The van der Waals surface area contributed by atoms with Crippen LogP contribution in [0.4, 0.5) is 0 Å². The molecule has 88 valence electrons. The molecule has 0 atom stereocenters. The molecule has 0 amide bonds. The zero-order valence-electron chi connectivity index (χ0n) is 9.13. The van der Waals surface area contributed by atoms with E-state index in [1.54, 1.807) is 6.92 Å². The standard InChI is InChI=1S/C12H10BrClN2O/c1-7-11(13)12(17)16-10(15-7)6-8-2-4-9(14)5-3-8/h2-5H,6H2,1H3,(H,15,16,17). The minimum atomic E-state index is -0.151. The molecule has 0 radical (unpaired) electrons. The third-order valence-electron chi connectivity index (χ3n) is 2.36. The van der Waals surface area contributed by atoms with Gasteiger partial charge in [0.1, 0.15) is 10.3 Å². The van der Waals surface area contributed by atoms with Crippen molar-refractivity contribution >= 4 is 27.5 Å². The highest BCUT2D eigenvalue weighted by Crippen LogP contribution is 2.13. The van der Waals surface area contributed by atoms with Crippen molar-refractivity contribution in [2.45, 2.75) is 13.3 Å².